The second-order valence-corrected chi connectivity index (χ2v) is 6.10. The van der Waals surface area contributed by atoms with Gasteiger partial charge in [0.05, 0.1) is 6.42 Å². The molecule has 2 aliphatic rings. The van der Waals surface area contributed by atoms with Crippen molar-refractivity contribution in [2.75, 3.05) is 18.8 Å². The van der Waals surface area contributed by atoms with Crippen LogP contribution in [0.3, 0.4) is 0 Å². The van der Waals surface area contributed by atoms with E-state index in [-0.39, 0.29) is 18.3 Å². The van der Waals surface area contributed by atoms with Crippen LogP contribution in [0, 0.1) is 11.8 Å². The first-order chi connectivity index (χ1) is 9.20. The summed E-state index contributed by atoms with van der Waals surface area (Å²) in [5.41, 5.74) is 7.49. The second kappa shape index (κ2) is 6.49. The highest BCUT2D eigenvalue weighted by Gasteiger charge is 2.31. The van der Waals surface area contributed by atoms with Crippen molar-refractivity contribution < 1.29 is 4.79 Å². The van der Waals surface area contributed by atoms with Crippen molar-refractivity contribution in [2.24, 2.45) is 11.8 Å². The summed E-state index contributed by atoms with van der Waals surface area (Å²) in [5, 5.41) is 0. The standard InChI is InChI=1S/C16H22N2O.ClH/c17-15-7-5-12(6-8-15)9-16(19)18(10-13-1-2-13)11-14-3-4-14;/h5-8,13-14H,1-4,9-11,17H2;1H. The number of nitrogen functional groups attached to an aromatic ring is 1. The fourth-order valence-electron chi connectivity index (χ4n) is 2.42. The monoisotopic (exact) mass is 294 g/mol. The molecular weight excluding hydrogens is 272 g/mol. The average Bonchev–Trinajstić information content (AvgIpc) is 3.26. The topological polar surface area (TPSA) is 46.3 Å². The van der Waals surface area contributed by atoms with Crippen LogP contribution in [0.5, 0.6) is 0 Å². The summed E-state index contributed by atoms with van der Waals surface area (Å²) in [4.78, 5) is 14.5. The van der Waals surface area contributed by atoms with E-state index in [1.54, 1.807) is 0 Å². The third kappa shape index (κ3) is 4.41. The van der Waals surface area contributed by atoms with Gasteiger partial charge < -0.3 is 10.6 Å². The Labute approximate surface area is 126 Å². The number of carbonyl (C=O) groups excluding carboxylic acids is 1. The molecule has 0 aromatic heterocycles. The summed E-state index contributed by atoms with van der Waals surface area (Å²) in [6.07, 6.45) is 5.72. The number of anilines is 1. The van der Waals surface area contributed by atoms with Crippen molar-refractivity contribution >= 4 is 24.0 Å². The van der Waals surface area contributed by atoms with Crippen LogP contribution in [-0.4, -0.2) is 23.9 Å². The number of hydrogen-bond acceptors (Lipinski definition) is 2. The Morgan fingerprint density at radius 2 is 1.55 bits per heavy atom. The Bertz CT molecular complexity index is 438. The number of nitrogens with two attached hydrogens (primary N) is 1. The molecule has 0 heterocycles. The maximum Gasteiger partial charge on any atom is 0.227 e. The van der Waals surface area contributed by atoms with Crippen LogP contribution in [0.25, 0.3) is 0 Å². The lowest BCUT2D eigenvalue weighted by Gasteiger charge is -2.22. The van der Waals surface area contributed by atoms with Crippen LogP contribution < -0.4 is 5.73 Å². The molecule has 2 aliphatic carbocycles. The van der Waals surface area contributed by atoms with Crippen molar-refractivity contribution in [1.29, 1.82) is 0 Å². The summed E-state index contributed by atoms with van der Waals surface area (Å²) in [6, 6.07) is 7.66. The Morgan fingerprint density at radius 1 is 1.05 bits per heavy atom. The van der Waals surface area contributed by atoms with Crippen molar-refractivity contribution in [3.8, 4) is 0 Å². The van der Waals surface area contributed by atoms with Gasteiger partial charge in [0.25, 0.3) is 0 Å². The highest BCUT2D eigenvalue weighted by Crippen LogP contribution is 2.33. The predicted octanol–water partition coefficient (Wildman–Crippen LogP) is 2.88. The quantitative estimate of drug-likeness (QED) is 0.820. The molecular formula is C16H23ClN2O. The molecule has 2 N–H and O–H groups in total. The largest absolute Gasteiger partial charge is 0.399 e. The van der Waals surface area contributed by atoms with Gasteiger partial charge in [-0.05, 0) is 55.2 Å². The maximum absolute atomic E-state index is 12.4. The van der Waals surface area contributed by atoms with Gasteiger partial charge in [-0.1, -0.05) is 12.1 Å². The minimum absolute atomic E-state index is 0. The minimum atomic E-state index is 0. The third-order valence-electron chi connectivity index (χ3n) is 4.04. The normalized spacial score (nSPS) is 17.4. The molecule has 3 nitrogen and oxygen atoms in total. The van der Waals surface area contributed by atoms with Gasteiger partial charge in [-0.3, -0.25) is 4.79 Å². The van der Waals surface area contributed by atoms with Gasteiger partial charge in [-0.25, -0.2) is 0 Å². The summed E-state index contributed by atoms with van der Waals surface area (Å²) in [7, 11) is 0. The van der Waals surface area contributed by atoms with Crippen molar-refractivity contribution in [1.82, 2.24) is 4.90 Å². The molecule has 1 aromatic rings. The molecule has 0 unspecified atom stereocenters. The lowest BCUT2D eigenvalue weighted by Crippen LogP contribution is -2.35. The highest BCUT2D eigenvalue weighted by molar-refractivity contribution is 5.85. The van der Waals surface area contributed by atoms with Crippen molar-refractivity contribution in [3.63, 3.8) is 0 Å². The molecule has 0 saturated heterocycles. The summed E-state index contributed by atoms with van der Waals surface area (Å²) in [5.74, 6) is 1.83. The zero-order chi connectivity index (χ0) is 13.2. The van der Waals surface area contributed by atoms with Gasteiger partial charge in [-0.2, -0.15) is 0 Å². The van der Waals surface area contributed by atoms with E-state index < -0.39 is 0 Å². The first kappa shape index (κ1) is 15.2. The molecule has 0 radical (unpaired) electrons. The minimum Gasteiger partial charge on any atom is -0.399 e. The van der Waals surface area contributed by atoms with Crippen LogP contribution >= 0.6 is 12.4 Å². The first-order valence-corrected chi connectivity index (χ1v) is 7.33. The number of benzene rings is 1. The molecule has 110 valence electrons. The molecule has 20 heavy (non-hydrogen) atoms. The molecule has 2 fully saturated rings. The zero-order valence-corrected chi connectivity index (χ0v) is 12.6. The van der Waals surface area contributed by atoms with Gasteiger partial charge in [0, 0.05) is 18.8 Å². The predicted molar refractivity (Wildman–Crippen MR) is 83.8 cm³/mol. The zero-order valence-electron chi connectivity index (χ0n) is 11.8. The van der Waals surface area contributed by atoms with E-state index >= 15 is 0 Å². The molecule has 1 aromatic carbocycles. The van der Waals surface area contributed by atoms with Crippen LogP contribution in [0.1, 0.15) is 31.2 Å². The van der Waals surface area contributed by atoms with E-state index in [4.69, 9.17) is 5.73 Å². The van der Waals surface area contributed by atoms with Gasteiger partial charge in [0.15, 0.2) is 0 Å². The SMILES string of the molecule is Cl.Nc1ccc(CC(=O)N(CC2CC2)CC2CC2)cc1. The number of amides is 1. The number of rotatable bonds is 6. The summed E-state index contributed by atoms with van der Waals surface area (Å²) < 4.78 is 0. The maximum atomic E-state index is 12.4. The Hall–Kier alpha value is -1.22. The van der Waals surface area contributed by atoms with Crippen LogP contribution in [0.4, 0.5) is 5.69 Å². The highest BCUT2D eigenvalue weighted by atomic mass is 35.5. The lowest BCUT2D eigenvalue weighted by molar-refractivity contribution is -0.131. The molecule has 0 bridgehead atoms. The van der Waals surface area contributed by atoms with E-state index in [1.165, 1.54) is 25.7 Å². The molecule has 4 heteroatoms. The Morgan fingerprint density at radius 3 is 2.00 bits per heavy atom. The Kier molecular flexibility index (Phi) is 4.92. The van der Waals surface area contributed by atoms with Crippen LogP contribution in [0.2, 0.25) is 0 Å². The van der Waals surface area contributed by atoms with Crippen molar-refractivity contribution in [3.05, 3.63) is 29.8 Å². The number of nitrogens with zero attached hydrogens (tertiary/aromatic N) is 1. The van der Waals surface area contributed by atoms with Gasteiger partial charge in [0.2, 0.25) is 5.91 Å². The molecule has 1 amide bonds. The van der Waals surface area contributed by atoms with Crippen molar-refractivity contribution in [2.45, 2.75) is 32.1 Å². The van der Waals surface area contributed by atoms with Gasteiger partial charge in [-0.15, -0.1) is 12.4 Å². The molecule has 3 rings (SSSR count). The van der Waals surface area contributed by atoms with Gasteiger partial charge in [0.1, 0.15) is 0 Å². The van der Waals surface area contributed by atoms with Crippen LogP contribution in [0.15, 0.2) is 24.3 Å². The van der Waals surface area contributed by atoms with E-state index in [9.17, 15) is 4.79 Å². The molecule has 0 spiro atoms. The van der Waals surface area contributed by atoms with Gasteiger partial charge >= 0.3 is 0 Å². The number of halogens is 1. The molecule has 2 saturated carbocycles. The van der Waals surface area contributed by atoms with E-state index in [0.717, 1.165) is 36.2 Å². The van der Waals surface area contributed by atoms with Crippen LogP contribution in [-0.2, 0) is 11.2 Å². The molecule has 0 aliphatic heterocycles. The average molecular weight is 295 g/mol. The number of hydrogen-bond donors (Lipinski definition) is 1. The second-order valence-electron chi connectivity index (χ2n) is 6.10. The van der Waals surface area contributed by atoms with E-state index in [2.05, 4.69) is 4.90 Å². The van der Waals surface area contributed by atoms with E-state index in [1.807, 2.05) is 24.3 Å². The fraction of sp³-hybridized carbons (Fsp3) is 0.562. The molecule has 0 atom stereocenters. The summed E-state index contributed by atoms with van der Waals surface area (Å²) in [6.45, 7) is 1.95. The fourth-order valence-corrected chi connectivity index (χ4v) is 2.42. The Balaban J connectivity index is 0.00000147. The summed E-state index contributed by atoms with van der Waals surface area (Å²) >= 11 is 0. The number of carbonyl (C=O) groups is 1. The first-order valence-electron chi connectivity index (χ1n) is 7.33. The smallest absolute Gasteiger partial charge is 0.227 e. The third-order valence-corrected chi connectivity index (χ3v) is 4.04. The lowest BCUT2D eigenvalue weighted by atomic mass is 10.1. The van der Waals surface area contributed by atoms with E-state index in [0.29, 0.717) is 6.42 Å².